The molecule has 0 aliphatic rings. The van der Waals surface area contributed by atoms with E-state index in [0.717, 1.165) is 12.5 Å². The Labute approximate surface area is 150 Å². The molecule has 0 radical (unpaired) electrons. The minimum atomic E-state index is -0.871. The molecule has 10 nitrogen and oxygen atoms in total. The molecule has 1 aromatic carbocycles. The van der Waals surface area contributed by atoms with Crippen LogP contribution >= 0.6 is 0 Å². The number of amides is 2. The zero-order valence-electron chi connectivity index (χ0n) is 14.9. The average Bonchev–Trinajstić information content (AvgIpc) is 2.61. The van der Waals surface area contributed by atoms with Gasteiger partial charge in [-0.1, -0.05) is 6.92 Å². The highest BCUT2D eigenvalue weighted by molar-refractivity contribution is 5.93. The molecule has 0 atom stereocenters. The fourth-order valence-electron chi connectivity index (χ4n) is 1.95. The summed E-state index contributed by atoms with van der Waals surface area (Å²) in [6, 6.07) is 3.89. The van der Waals surface area contributed by atoms with E-state index in [2.05, 4.69) is 10.6 Å². The maximum absolute atomic E-state index is 12.0. The SMILES string of the molecule is CCCNC(=O)CNC(=O)COC(=O)c1ccc(N(C)C)c([N+](=O)[O-])c1. The van der Waals surface area contributed by atoms with E-state index in [4.69, 9.17) is 4.74 Å². The predicted molar refractivity (Wildman–Crippen MR) is 94.0 cm³/mol. The number of benzene rings is 1. The Morgan fingerprint density at radius 2 is 1.88 bits per heavy atom. The molecule has 0 aliphatic heterocycles. The van der Waals surface area contributed by atoms with Crippen molar-refractivity contribution < 1.29 is 24.0 Å². The summed E-state index contributed by atoms with van der Waals surface area (Å²) in [7, 11) is 3.28. The highest BCUT2D eigenvalue weighted by atomic mass is 16.6. The van der Waals surface area contributed by atoms with Crippen LogP contribution in [-0.2, 0) is 14.3 Å². The van der Waals surface area contributed by atoms with Gasteiger partial charge in [-0.15, -0.1) is 0 Å². The lowest BCUT2D eigenvalue weighted by molar-refractivity contribution is -0.384. The monoisotopic (exact) mass is 366 g/mol. The van der Waals surface area contributed by atoms with Crippen LogP contribution in [0.25, 0.3) is 0 Å². The lowest BCUT2D eigenvalue weighted by atomic mass is 10.1. The number of carbonyl (C=O) groups excluding carboxylic acids is 3. The first kappa shape index (κ1) is 20.9. The second-order valence-corrected chi connectivity index (χ2v) is 5.56. The number of anilines is 1. The quantitative estimate of drug-likeness (QED) is 0.369. The Balaban J connectivity index is 2.60. The van der Waals surface area contributed by atoms with Gasteiger partial charge in [-0.2, -0.15) is 0 Å². The first-order valence-electron chi connectivity index (χ1n) is 7.92. The number of rotatable bonds is 9. The second kappa shape index (κ2) is 9.97. The van der Waals surface area contributed by atoms with Crippen LogP contribution in [0.15, 0.2) is 18.2 Å². The molecular formula is C16H22N4O6. The largest absolute Gasteiger partial charge is 0.452 e. The van der Waals surface area contributed by atoms with Gasteiger partial charge in [-0.25, -0.2) is 4.79 Å². The summed E-state index contributed by atoms with van der Waals surface area (Å²) in [6.07, 6.45) is 0.774. The molecule has 10 heteroatoms. The number of carbonyl (C=O) groups is 3. The van der Waals surface area contributed by atoms with E-state index in [0.29, 0.717) is 12.2 Å². The fourth-order valence-corrected chi connectivity index (χ4v) is 1.95. The third kappa shape index (κ3) is 6.38. The molecule has 1 aromatic rings. The smallest absolute Gasteiger partial charge is 0.338 e. The number of nitrogens with zero attached hydrogens (tertiary/aromatic N) is 2. The van der Waals surface area contributed by atoms with E-state index in [1.165, 1.54) is 12.1 Å². The van der Waals surface area contributed by atoms with Crippen LogP contribution in [0.3, 0.4) is 0 Å². The van der Waals surface area contributed by atoms with Crippen LogP contribution in [0.2, 0.25) is 0 Å². The maximum Gasteiger partial charge on any atom is 0.338 e. The Kier molecular flexibility index (Phi) is 8.00. The van der Waals surface area contributed by atoms with Crippen LogP contribution in [0.4, 0.5) is 11.4 Å². The van der Waals surface area contributed by atoms with E-state index in [9.17, 15) is 24.5 Å². The van der Waals surface area contributed by atoms with Crippen molar-refractivity contribution in [2.45, 2.75) is 13.3 Å². The molecule has 26 heavy (non-hydrogen) atoms. The van der Waals surface area contributed by atoms with Gasteiger partial charge in [0.25, 0.3) is 11.6 Å². The molecule has 0 bridgehead atoms. The summed E-state index contributed by atoms with van der Waals surface area (Å²) >= 11 is 0. The van der Waals surface area contributed by atoms with Crippen LogP contribution < -0.4 is 15.5 Å². The summed E-state index contributed by atoms with van der Waals surface area (Å²) in [5.74, 6) is -1.87. The number of nitro benzene ring substituents is 1. The Morgan fingerprint density at radius 3 is 2.46 bits per heavy atom. The van der Waals surface area contributed by atoms with Gasteiger partial charge in [0.15, 0.2) is 6.61 Å². The molecule has 142 valence electrons. The van der Waals surface area contributed by atoms with E-state index in [1.807, 2.05) is 6.92 Å². The molecule has 0 fully saturated rings. The molecule has 0 saturated heterocycles. The molecule has 0 aromatic heterocycles. The summed E-state index contributed by atoms with van der Waals surface area (Å²) in [4.78, 5) is 47.0. The lowest BCUT2D eigenvalue weighted by Crippen LogP contribution is -2.38. The minimum Gasteiger partial charge on any atom is -0.452 e. The third-order valence-corrected chi connectivity index (χ3v) is 3.24. The van der Waals surface area contributed by atoms with E-state index in [1.54, 1.807) is 19.0 Å². The van der Waals surface area contributed by atoms with E-state index >= 15 is 0 Å². The highest BCUT2D eigenvalue weighted by Crippen LogP contribution is 2.27. The van der Waals surface area contributed by atoms with E-state index in [-0.39, 0.29) is 23.7 Å². The predicted octanol–water partition coefficient (Wildman–Crippen LogP) is 0.460. The van der Waals surface area contributed by atoms with Gasteiger partial charge >= 0.3 is 5.97 Å². The van der Waals surface area contributed by atoms with Gasteiger partial charge in [0.2, 0.25) is 5.91 Å². The topological polar surface area (TPSA) is 131 Å². The van der Waals surface area contributed by atoms with Crippen molar-refractivity contribution in [3.63, 3.8) is 0 Å². The molecule has 2 amide bonds. The van der Waals surface area contributed by atoms with Gasteiger partial charge in [0.1, 0.15) is 5.69 Å². The van der Waals surface area contributed by atoms with Crippen molar-refractivity contribution in [3.05, 3.63) is 33.9 Å². The number of nitrogens with one attached hydrogen (secondary N) is 2. The standard InChI is InChI=1S/C16H22N4O6/c1-4-7-17-14(21)9-18-15(22)10-26-16(23)11-5-6-12(19(2)3)13(8-11)20(24)25/h5-6,8H,4,7,9-10H2,1-3H3,(H,17,21)(H,18,22). The number of ether oxygens (including phenoxy) is 1. The summed E-state index contributed by atoms with van der Waals surface area (Å²) in [6.45, 7) is 1.58. The Hall–Kier alpha value is -3.17. The fraction of sp³-hybridized carbons (Fsp3) is 0.438. The van der Waals surface area contributed by atoms with Crippen molar-refractivity contribution in [2.75, 3.05) is 38.7 Å². The zero-order chi connectivity index (χ0) is 19.7. The van der Waals surface area contributed by atoms with Crippen LogP contribution in [-0.4, -0.2) is 56.5 Å². The number of nitro groups is 1. The second-order valence-electron chi connectivity index (χ2n) is 5.56. The normalized spacial score (nSPS) is 9.96. The van der Waals surface area contributed by atoms with Gasteiger partial charge < -0.3 is 20.3 Å². The lowest BCUT2D eigenvalue weighted by Gasteiger charge is -2.13. The van der Waals surface area contributed by atoms with Crippen LogP contribution in [0.1, 0.15) is 23.7 Å². The Bertz CT molecular complexity index is 689. The van der Waals surface area contributed by atoms with Crippen molar-refractivity contribution in [3.8, 4) is 0 Å². The first-order chi connectivity index (χ1) is 12.3. The number of esters is 1. The third-order valence-electron chi connectivity index (χ3n) is 3.24. The van der Waals surface area contributed by atoms with Crippen LogP contribution in [0.5, 0.6) is 0 Å². The average molecular weight is 366 g/mol. The van der Waals surface area contributed by atoms with Gasteiger partial charge in [0, 0.05) is 26.7 Å². The molecule has 0 saturated carbocycles. The van der Waals surface area contributed by atoms with Crippen molar-refractivity contribution in [1.29, 1.82) is 0 Å². The maximum atomic E-state index is 12.0. The van der Waals surface area contributed by atoms with Gasteiger partial charge in [-0.05, 0) is 18.6 Å². The van der Waals surface area contributed by atoms with Gasteiger partial charge in [0.05, 0.1) is 17.0 Å². The Morgan fingerprint density at radius 1 is 1.19 bits per heavy atom. The zero-order valence-corrected chi connectivity index (χ0v) is 14.9. The molecule has 0 spiro atoms. The first-order valence-corrected chi connectivity index (χ1v) is 7.92. The summed E-state index contributed by atoms with van der Waals surface area (Å²) in [5, 5.41) is 16.0. The van der Waals surface area contributed by atoms with Crippen LogP contribution in [0, 0.1) is 10.1 Å². The van der Waals surface area contributed by atoms with Crippen molar-refractivity contribution in [1.82, 2.24) is 10.6 Å². The molecule has 0 aliphatic carbocycles. The highest BCUT2D eigenvalue weighted by Gasteiger charge is 2.20. The molecule has 0 unspecified atom stereocenters. The summed E-state index contributed by atoms with van der Waals surface area (Å²) < 4.78 is 4.82. The number of hydrogen-bond acceptors (Lipinski definition) is 7. The molecular weight excluding hydrogens is 344 g/mol. The molecule has 1 rings (SSSR count). The minimum absolute atomic E-state index is 0.0456. The van der Waals surface area contributed by atoms with Crippen molar-refractivity contribution >= 4 is 29.2 Å². The number of hydrogen-bond donors (Lipinski definition) is 2. The van der Waals surface area contributed by atoms with Gasteiger partial charge in [-0.3, -0.25) is 19.7 Å². The van der Waals surface area contributed by atoms with E-state index < -0.39 is 23.4 Å². The molecule has 0 heterocycles. The van der Waals surface area contributed by atoms with Crippen molar-refractivity contribution in [2.24, 2.45) is 0 Å². The molecule has 2 N–H and O–H groups in total. The summed E-state index contributed by atoms with van der Waals surface area (Å²) in [5.41, 5.74) is 0.0414.